The fraction of sp³-hybridized carbons (Fsp3) is 0.533. The highest BCUT2D eigenvalue weighted by Gasteiger charge is 2.36. The third kappa shape index (κ3) is 2.68. The maximum atomic E-state index is 11.1. The number of rotatable bonds is 4. The SMILES string of the molecule is NC(=O)c1ccc(CNC2CCN3CCCC23)c(Cl)c1. The van der Waals surface area contributed by atoms with E-state index in [1.54, 1.807) is 12.1 Å². The largest absolute Gasteiger partial charge is 0.366 e. The van der Waals surface area contributed by atoms with Crippen molar-refractivity contribution >= 4 is 17.5 Å². The highest BCUT2D eigenvalue weighted by atomic mass is 35.5. The molecule has 3 rings (SSSR count). The summed E-state index contributed by atoms with van der Waals surface area (Å²) < 4.78 is 0. The standard InChI is InChI=1S/C15H20ClN3O/c16-12-8-10(15(17)20)3-4-11(12)9-18-13-5-7-19-6-1-2-14(13)19/h3-4,8,13-14,18H,1-2,5-7,9H2,(H2,17,20). The highest BCUT2D eigenvalue weighted by Crippen LogP contribution is 2.28. The van der Waals surface area contributed by atoms with E-state index in [0.29, 0.717) is 22.7 Å². The Balaban J connectivity index is 1.62. The molecule has 0 aromatic heterocycles. The van der Waals surface area contributed by atoms with Crippen LogP contribution in [0.5, 0.6) is 0 Å². The number of amides is 1. The molecule has 2 atom stereocenters. The van der Waals surface area contributed by atoms with Gasteiger partial charge >= 0.3 is 0 Å². The summed E-state index contributed by atoms with van der Waals surface area (Å²) in [5.41, 5.74) is 6.73. The maximum Gasteiger partial charge on any atom is 0.248 e. The van der Waals surface area contributed by atoms with E-state index in [9.17, 15) is 4.79 Å². The molecule has 2 aliphatic rings. The van der Waals surface area contributed by atoms with Gasteiger partial charge in [0, 0.05) is 35.8 Å². The molecule has 20 heavy (non-hydrogen) atoms. The van der Waals surface area contributed by atoms with E-state index in [1.807, 2.05) is 6.07 Å². The molecule has 2 heterocycles. The van der Waals surface area contributed by atoms with E-state index in [1.165, 1.54) is 32.4 Å². The van der Waals surface area contributed by atoms with Crippen LogP contribution in [0.1, 0.15) is 35.2 Å². The number of nitrogens with two attached hydrogens (primary N) is 1. The summed E-state index contributed by atoms with van der Waals surface area (Å²) in [6, 6.07) is 6.53. The summed E-state index contributed by atoms with van der Waals surface area (Å²) in [6.07, 6.45) is 3.82. The van der Waals surface area contributed by atoms with E-state index >= 15 is 0 Å². The average Bonchev–Trinajstić information content (AvgIpc) is 3.00. The van der Waals surface area contributed by atoms with Crippen molar-refractivity contribution in [2.45, 2.75) is 37.9 Å². The van der Waals surface area contributed by atoms with Crippen LogP contribution in [0.3, 0.4) is 0 Å². The van der Waals surface area contributed by atoms with E-state index < -0.39 is 5.91 Å². The Bertz CT molecular complexity index is 520. The molecule has 1 aromatic carbocycles. The number of carbonyl (C=O) groups is 1. The Morgan fingerprint density at radius 1 is 1.40 bits per heavy atom. The number of halogens is 1. The minimum atomic E-state index is -0.441. The molecule has 0 radical (unpaired) electrons. The van der Waals surface area contributed by atoms with Crippen molar-refractivity contribution in [1.29, 1.82) is 0 Å². The van der Waals surface area contributed by atoms with Crippen molar-refractivity contribution in [3.05, 3.63) is 34.3 Å². The fourth-order valence-electron chi connectivity index (χ4n) is 3.41. The van der Waals surface area contributed by atoms with Gasteiger partial charge in [0.25, 0.3) is 0 Å². The number of fused-ring (bicyclic) bond motifs is 1. The van der Waals surface area contributed by atoms with Gasteiger partial charge in [0.05, 0.1) is 0 Å². The second-order valence-electron chi connectivity index (χ2n) is 5.69. The lowest BCUT2D eigenvalue weighted by atomic mass is 10.1. The van der Waals surface area contributed by atoms with Gasteiger partial charge in [-0.15, -0.1) is 0 Å². The molecule has 3 N–H and O–H groups in total. The number of nitrogens with zero attached hydrogens (tertiary/aromatic N) is 1. The second-order valence-corrected chi connectivity index (χ2v) is 6.10. The monoisotopic (exact) mass is 293 g/mol. The predicted molar refractivity (Wildman–Crippen MR) is 79.8 cm³/mol. The number of hydrogen-bond donors (Lipinski definition) is 2. The summed E-state index contributed by atoms with van der Waals surface area (Å²) in [5.74, 6) is -0.441. The van der Waals surface area contributed by atoms with Crippen molar-refractivity contribution < 1.29 is 4.79 Å². The Kier molecular flexibility index (Phi) is 3.96. The molecule has 1 amide bonds. The quantitative estimate of drug-likeness (QED) is 0.889. The fourth-order valence-corrected chi connectivity index (χ4v) is 3.65. The zero-order chi connectivity index (χ0) is 14.1. The first-order valence-electron chi connectivity index (χ1n) is 7.21. The molecular formula is C15H20ClN3O. The molecule has 1 aromatic rings. The zero-order valence-electron chi connectivity index (χ0n) is 11.4. The van der Waals surface area contributed by atoms with Crippen LogP contribution >= 0.6 is 11.6 Å². The number of nitrogens with one attached hydrogen (secondary N) is 1. The van der Waals surface area contributed by atoms with Crippen LogP contribution in [0.25, 0.3) is 0 Å². The predicted octanol–water partition coefficient (Wildman–Crippen LogP) is 1.77. The summed E-state index contributed by atoms with van der Waals surface area (Å²) in [4.78, 5) is 13.7. The topological polar surface area (TPSA) is 58.4 Å². The van der Waals surface area contributed by atoms with Crippen LogP contribution in [0.4, 0.5) is 0 Å². The number of hydrogen-bond acceptors (Lipinski definition) is 3. The summed E-state index contributed by atoms with van der Waals surface area (Å²) >= 11 is 6.21. The average molecular weight is 294 g/mol. The van der Waals surface area contributed by atoms with Crippen LogP contribution in [0.2, 0.25) is 5.02 Å². The molecule has 2 unspecified atom stereocenters. The van der Waals surface area contributed by atoms with E-state index in [4.69, 9.17) is 17.3 Å². The lowest BCUT2D eigenvalue weighted by molar-refractivity contribution is 0.100. The number of benzene rings is 1. The van der Waals surface area contributed by atoms with Gasteiger partial charge in [-0.25, -0.2) is 0 Å². The lowest BCUT2D eigenvalue weighted by Crippen LogP contribution is -2.38. The van der Waals surface area contributed by atoms with Gasteiger partial charge in [0.1, 0.15) is 0 Å². The molecule has 0 aliphatic carbocycles. The smallest absolute Gasteiger partial charge is 0.248 e. The normalized spacial score (nSPS) is 25.9. The Labute approximate surface area is 124 Å². The molecule has 5 heteroatoms. The van der Waals surface area contributed by atoms with Crippen LogP contribution < -0.4 is 11.1 Å². The maximum absolute atomic E-state index is 11.1. The van der Waals surface area contributed by atoms with Crippen molar-refractivity contribution in [3.8, 4) is 0 Å². The Morgan fingerprint density at radius 3 is 3.00 bits per heavy atom. The van der Waals surface area contributed by atoms with Gasteiger partial charge in [-0.1, -0.05) is 17.7 Å². The third-order valence-corrected chi connectivity index (χ3v) is 4.85. The summed E-state index contributed by atoms with van der Waals surface area (Å²) in [7, 11) is 0. The molecule has 0 saturated carbocycles. The zero-order valence-corrected chi connectivity index (χ0v) is 12.2. The first kappa shape index (κ1) is 13.9. The van der Waals surface area contributed by atoms with E-state index in [-0.39, 0.29) is 0 Å². The molecule has 4 nitrogen and oxygen atoms in total. The highest BCUT2D eigenvalue weighted by molar-refractivity contribution is 6.31. The van der Waals surface area contributed by atoms with Gasteiger partial charge < -0.3 is 11.1 Å². The Morgan fingerprint density at radius 2 is 2.25 bits per heavy atom. The van der Waals surface area contributed by atoms with Crippen molar-refractivity contribution in [3.63, 3.8) is 0 Å². The van der Waals surface area contributed by atoms with Crippen LogP contribution in [-0.4, -0.2) is 36.0 Å². The van der Waals surface area contributed by atoms with Crippen LogP contribution in [0, 0.1) is 0 Å². The molecule has 0 spiro atoms. The summed E-state index contributed by atoms with van der Waals surface area (Å²) in [5, 5.41) is 4.22. The van der Waals surface area contributed by atoms with Crippen molar-refractivity contribution in [1.82, 2.24) is 10.2 Å². The number of carbonyl (C=O) groups excluding carboxylic acids is 1. The van der Waals surface area contributed by atoms with Gasteiger partial charge in [0.2, 0.25) is 5.91 Å². The van der Waals surface area contributed by atoms with Gasteiger partial charge in [-0.05, 0) is 43.5 Å². The van der Waals surface area contributed by atoms with E-state index in [0.717, 1.165) is 12.1 Å². The second kappa shape index (κ2) is 5.72. The molecule has 2 aliphatic heterocycles. The lowest BCUT2D eigenvalue weighted by Gasteiger charge is -2.21. The molecule has 108 valence electrons. The van der Waals surface area contributed by atoms with E-state index in [2.05, 4.69) is 10.2 Å². The first-order chi connectivity index (χ1) is 9.65. The van der Waals surface area contributed by atoms with Crippen LogP contribution in [0.15, 0.2) is 18.2 Å². The molecule has 2 saturated heterocycles. The Hall–Kier alpha value is -1.10. The minimum absolute atomic E-state index is 0.441. The van der Waals surface area contributed by atoms with Crippen molar-refractivity contribution in [2.24, 2.45) is 5.73 Å². The van der Waals surface area contributed by atoms with Crippen LogP contribution in [-0.2, 0) is 6.54 Å². The first-order valence-corrected chi connectivity index (χ1v) is 7.58. The minimum Gasteiger partial charge on any atom is -0.366 e. The molecule has 0 bridgehead atoms. The van der Waals surface area contributed by atoms with Gasteiger partial charge in [-0.3, -0.25) is 9.69 Å². The van der Waals surface area contributed by atoms with Gasteiger partial charge in [-0.2, -0.15) is 0 Å². The molecule has 2 fully saturated rings. The van der Waals surface area contributed by atoms with Gasteiger partial charge in [0.15, 0.2) is 0 Å². The third-order valence-electron chi connectivity index (χ3n) is 4.50. The summed E-state index contributed by atoms with van der Waals surface area (Å²) in [6.45, 7) is 3.19. The van der Waals surface area contributed by atoms with Crippen molar-refractivity contribution in [2.75, 3.05) is 13.1 Å². The molecular weight excluding hydrogens is 274 g/mol. The number of primary amides is 1.